The largest absolute Gasteiger partial charge is 0.507 e. The van der Waals surface area contributed by atoms with E-state index in [9.17, 15) is 9.90 Å². The van der Waals surface area contributed by atoms with E-state index < -0.39 is 0 Å². The first-order valence-electron chi connectivity index (χ1n) is 7.51. The molecule has 0 radical (unpaired) electrons. The molecule has 3 rings (SSSR count). The second kappa shape index (κ2) is 7.55. The van der Waals surface area contributed by atoms with Gasteiger partial charge < -0.3 is 10.8 Å². The van der Waals surface area contributed by atoms with Crippen LogP contribution in [0.4, 0.5) is 5.69 Å². The number of carbonyl (C=O) groups excluding carboxylic acids is 1. The van der Waals surface area contributed by atoms with Gasteiger partial charge in [-0.15, -0.1) is 23.1 Å². The van der Waals surface area contributed by atoms with E-state index in [1.807, 2.05) is 41.8 Å². The lowest BCUT2D eigenvalue weighted by atomic mass is 10.0. The smallest absolute Gasteiger partial charge is 0.168 e. The van der Waals surface area contributed by atoms with Crippen LogP contribution in [0.1, 0.15) is 26.9 Å². The van der Waals surface area contributed by atoms with Gasteiger partial charge in [-0.05, 0) is 35.7 Å². The van der Waals surface area contributed by atoms with E-state index in [-0.39, 0.29) is 16.8 Å². The molecule has 0 unspecified atom stereocenters. The van der Waals surface area contributed by atoms with Crippen LogP contribution in [0.3, 0.4) is 0 Å². The van der Waals surface area contributed by atoms with Gasteiger partial charge in [0.25, 0.3) is 0 Å². The van der Waals surface area contributed by atoms with Crippen LogP contribution in [0.25, 0.3) is 0 Å². The number of hydrogen-bond donors (Lipinski definition) is 2. The average Bonchev–Trinajstić information content (AvgIpc) is 3.11. The van der Waals surface area contributed by atoms with Crippen molar-refractivity contribution in [2.24, 2.45) is 0 Å². The molecule has 1 heterocycles. The first-order valence-corrected chi connectivity index (χ1v) is 9.27. The highest BCUT2D eigenvalue weighted by Crippen LogP contribution is 2.42. The minimum Gasteiger partial charge on any atom is -0.507 e. The fraction of sp³-hybridized carbons (Fsp3) is 0.105. The van der Waals surface area contributed by atoms with Gasteiger partial charge in [0.05, 0.1) is 10.8 Å². The second-order valence-electron chi connectivity index (χ2n) is 5.30. The van der Waals surface area contributed by atoms with Crippen LogP contribution in [-0.4, -0.2) is 10.9 Å². The van der Waals surface area contributed by atoms with Gasteiger partial charge in [0.2, 0.25) is 0 Å². The molecule has 1 aromatic heterocycles. The highest BCUT2D eigenvalue weighted by atomic mass is 32.2. The van der Waals surface area contributed by atoms with Gasteiger partial charge in [0.1, 0.15) is 5.75 Å². The van der Waals surface area contributed by atoms with Crippen LogP contribution in [-0.2, 0) is 0 Å². The monoisotopic (exact) mass is 355 g/mol. The Bertz CT molecular complexity index is 831. The summed E-state index contributed by atoms with van der Waals surface area (Å²) in [6.45, 7) is 0. The van der Waals surface area contributed by atoms with Crippen molar-refractivity contribution < 1.29 is 9.90 Å². The van der Waals surface area contributed by atoms with Crippen LogP contribution < -0.4 is 5.73 Å². The number of hydrogen-bond acceptors (Lipinski definition) is 5. The van der Waals surface area contributed by atoms with Crippen LogP contribution in [0.2, 0.25) is 0 Å². The van der Waals surface area contributed by atoms with Gasteiger partial charge in [-0.1, -0.05) is 30.3 Å². The molecular formula is C19H17NO2S2. The molecule has 122 valence electrons. The number of phenols is 1. The molecule has 0 fully saturated rings. The summed E-state index contributed by atoms with van der Waals surface area (Å²) >= 11 is 3.21. The summed E-state index contributed by atoms with van der Waals surface area (Å²) in [7, 11) is 0. The Hall–Kier alpha value is -2.24. The lowest BCUT2D eigenvalue weighted by molar-refractivity contribution is 0.0979. The molecule has 3 nitrogen and oxygen atoms in total. The molecule has 0 aliphatic carbocycles. The third-order valence-corrected chi connectivity index (χ3v) is 6.09. The van der Waals surface area contributed by atoms with Crippen molar-refractivity contribution in [3.8, 4) is 5.75 Å². The predicted molar refractivity (Wildman–Crippen MR) is 101 cm³/mol. The molecule has 1 atom stereocenters. The average molecular weight is 355 g/mol. The zero-order valence-electron chi connectivity index (χ0n) is 12.9. The van der Waals surface area contributed by atoms with Gasteiger partial charge in [0.15, 0.2) is 5.78 Å². The molecule has 2 aromatic carbocycles. The third kappa shape index (κ3) is 3.80. The number of benzene rings is 2. The Labute approximate surface area is 149 Å². The highest BCUT2D eigenvalue weighted by Gasteiger charge is 2.21. The Balaban J connectivity index is 1.85. The molecule has 3 N–H and O–H groups in total. The summed E-state index contributed by atoms with van der Waals surface area (Å²) in [6, 6.07) is 18.3. The van der Waals surface area contributed by atoms with E-state index in [0.29, 0.717) is 17.7 Å². The normalized spacial score (nSPS) is 12.0. The van der Waals surface area contributed by atoms with Crippen molar-refractivity contribution in [1.29, 1.82) is 0 Å². The molecule has 0 aliphatic heterocycles. The summed E-state index contributed by atoms with van der Waals surface area (Å²) in [5.74, 6) is -0.0508. The number of nitrogens with two attached hydrogens (primary N) is 1. The first-order chi connectivity index (χ1) is 11.6. The van der Waals surface area contributed by atoms with E-state index in [4.69, 9.17) is 5.73 Å². The summed E-state index contributed by atoms with van der Waals surface area (Å²) in [6.07, 6.45) is 0.303. The maximum absolute atomic E-state index is 12.6. The van der Waals surface area contributed by atoms with Crippen molar-refractivity contribution >= 4 is 34.6 Å². The number of phenolic OH excluding ortho intramolecular Hbond substituents is 1. The molecule has 24 heavy (non-hydrogen) atoms. The number of thioether (sulfide) groups is 1. The molecule has 0 spiro atoms. The van der Waals surface area contributed by atoms with Gasteiger partial charge in [-0.2, -0.15) is 0 Å². The fourth-order valence-corrected chi connectivity index (χ4v) is 4.52. The second-order valence-corrected chi connectivity index (χ2v) is 7.53. The van der Waals surface area contributed by atoms with E-state index in [2.05, 4.69) is 0 Å². The van der Waals surface area contributed by atoms with Gasteiger partial charge in [-0.25, -0.2) is 0 Å². The number of carbonyl (C=O) groups is 1. The van der Waals surface area contributed by atoms with Crippen molar-refractivity contribution in [2.45, 2.75) is 16.6 Å². The van der Waals surface area contributed by atoms with E-state index >= 15 is 0 Å². The van der Waals surface area contributed by atoms with Crippen LogP contribution in [0.15, 0.2) is 70.9 Å². The van der Waals surface area contributed by atoms with Crippen molar-refractivity contribution in [2.75, 3.05) is 5.73 Å². The molecule has 0 amide bonds. The highest BCUT2D eigenvalue weighted by molar-refractivity contribution is 7.99. The van der Waals surface area contributed by atoms with Gasteiger partial charge >= 0.3 is 0 Å². The molecule has 0 aliphatic rings. The molecule has 0 saturated heterocycles. The minimum absolute atomic E-state index is 0.0247. The number of rotatable bonds is 6. The third-order valence-electron chi connectivity index (χ3n) is 3.62. The topological polar surface area (TPSA) is 63.3 Å². The molecule has 3 aromatic rings. The molecular weight excluding hydrogens is 338 g/mol. The number of para-hydroxylation sites is 2. The number of aromatic hydroxyl groups is 1. The standard InChI is InChI=1S/C19H17NO2S2/c20-14-7-2-4-9-17(14)24-19(18-10-5-11-23-18)12-16(22)13-6-1-3-8-15(13)21/h1-11,19,21H,12,20H2/t19-/m0/s1. The Morgan fingerprint density at radius 1 is 1.08 bits per heavy atom. The number of Topliss-reactive ketones (excluding diaryl/α,β-unsaturated/α-hetero) is 1. The number of thiophene rings is 1. The zero-order valence-corrected chi connectivity index (χ0v) is 14.5. The lowest BCUT2D eigenvalue weighted by Gasteiger charge is -2.16. The maximum Gasteiger partial charge on any atom is 0.168 e. The Kier molecular flexibility index (Phi) is 5.23. The van der Waals surface area contributed by atoms with E-state index in [1.54, 1.807) is 41.3 Å². The van der Waals surface area contributed by atoms with Crippen LogP contribution in [0, 0.1) is 0 Å². The number of anilines is 1. The molecule has 0 saturated carbocycles. The first kappa shape index (κ1) is 16.6. The van der Waals surface area contributed by atoms with Crippen LogP contribution >= 0.6 is 23.1 Å². The minimum atomic E-state index is -0.0755. The Morgan fingerprint density at radius 3 is 2.54 bits per heavy atom. The van der Waals surface area contributed by atoms with Crippen molar-refractivity contribution in [3.63, 3.8) is 0 Å². The summed E-state index contributed by atoms with van der Waals surface area (Å²) < 4.78 is 0. The summed E-state index contributed by atoms with van der Waals surface area (Å²) in [4.78, 5) is 14.7. The van der Waals surface area contributed by atoms with Gasteiger partial charge in [0, 0.05) is 21.9 Å². The fourth-order valence-electron chi connectivity index (χ4n) is 2.40. The van der Waals surface area contributed by atoms with Gasteiger partial charge in [-0.3, -0.25) is 4.79 Å². The summed E-state index contributed by atoms with van der Waals surface area (Å²) in [5, 5.41) is 11.9. The van der Waals surface area contributed by atoms with Crippen molar-refractivity contribution in [3.05, 3.63) is 76.5 Å². The van der Waals surface area contributed by atoms with E-state index in [1.165, 1.54) is 6.07 Å². The SMILES string of the molecule is Nc1ccccc1S[C@@H](CC(=O)c1ccccc1O)c1cccs1. The molecule has 5 heteroatoms. The van der Waals surface area contributed by atoms with Crippen LogP contribution in [0.5, 0.6) is 5.75 Å². The molecule has 0 bridgehead atoms. The zero-order chi connectivity index (χ0) is 16.9. The number of ketones is 1. The lowest BCUT2D eigenvalue weighted by Crippen LogP contribution is -2.05. The summed E-state index contributed by atoms with van der Waals surface area (Å²) in [5.41, 5.74) is 7.12. The predicted octanol–water partition coefficient (Wildman–Crippen LogP) is 5.14. The number of nitrogen functional groups attached to an aromatic ring is 1. The van der Waals surface area contributed by atoms with Crippen molar-refractivity contribution in [1.82, 2.24) is 0 Å². The quantitative estimate of drug-likeness (QED) is 0.365. The Morgan fingerprint density at radius 2 is 1.83 bits per heavy atom. The van der Waals surface area contributed by atoms with E-state index in [0.717, 1.165) is 9.77 Å². The maximum atomic E-state index is 12.6.